The van der Waals surface area contributed by atoms with Crippen LogP contribution in [0.4, 0.5) is 0 Å². The van der Waals surface area contributed by atoms with Crippen molar-refractivity contribution in [1.29, 1.82) is 0 Å². The lowest BCUT2D eigenvalue weighted by molar-refractivity contribution is -0.131. The zero-order valence-corrected chi connectivity index (χ0v) is 17.2. The molecule has 2 aromatic carbocycles. The molecule has 1 N–H and O–H groups in total. The molecule has 7 nitrogen and oxygen atoms in total. The summed E-state index contributed by atoms with van der Waals surface area (Å²) in [6, 6.07) is 14.8. The Morgan fingerprint density at radius 1 is 1.06 bits per heavy atom. The minimum atomic E-state index is 0. The van der Waals surface area contributed by atoms with Crippen LogP contribution in [0.5, 0.6) is 0 Å². The van der Waals surface area contributed by atoms with E-state index < -0.39 is 0 Å². The number of benzene rings is 2. The van der Waals surface area contributed by atoms with Gasteiger partial charge < -0.3 is 9.47 Å². The zero-order valence-electron chi connectivity index (χ0n) is 17.2. The number of carbonyl (C=O) groups excluding carboxylic acids is 1. The van der Waals surface area contributed by atoms with Gasteiger partial charge in [-0.3, -0.25) is 9.89 Å². The molecule has 1 aliphatic carbocycles. The highest BCUT2D eigenvalue weighted by atomic mass is 16.2. The Morgan fingerprint density at radius 2 is 1.87 bits per heavy atom. The number of aromatic amines is 1. The van der Waals surface area contributed by atoms with Crippen LogP contribution in [-0.4, -0.2) is 48.9 Å². The van der Waals surface area contributed by atoms with Crippen LogP contribution in [0.15, 0.2) is 55.0 Å². The van der Waals surface area contributed by atoms with Gasteiger partial charge in [0.05, 0.1) is 11.7 Å². The second-order valence-corrected chi connectivity index (χ2v) is 8.77. The molecule has 1 aliphatic heterocycles. The normalized spacial score (nSPS) is 18.7. The minimum absolute atomic E-state index is 0. The van der Waals surface area contributed by atoms with Crippen LogP contribution < -0.4 is 0 Å². The SMILES string of the molecule is O=C(C1CC1)N1CC[C@@H](Cn2cnnc2-c2ccc(-c3ccc4cn[nH]c4c3)cc2)C1.[HH]. The zero-order chi connectivity index (χ0) is 20.8. The molecule has 1 saturated carbocycles. The fourth-order valence-corrected chi connectivity index (χ4v) is 4.59. The molecule has 1 saturated heterocycles. The van der Waals surface area contributed by atoms with Crippen molar-refractivity contribution in [3.8, 4) is 22.5 Å². The highest BCUT2D eigenvalue weighted by molar-refractivity contribution is 5.84. The molecule has 0 unspecified atom stereocenters. The van der Waals surface area contributed by atoms with Gasteiger partial charge in [-0.15, -0.1) is 10.2 Å². The Balaban J connectivity index is 0.00000216. The molecule has 0 spiro atoms. The maximum atomic E-state index is 12.3. The van der Waals surface area contributed by atoms with Crippen molar-refractivity contribution in [3.05, 3.63) is 55.0 Å². The number of hydrogen-bond donors (Lipinski definition) is 1. The summed E-state index contributed by atoms with van der Waals surface area (Å²) in [7, 11) is 0. The fourth-order valence-electron chi connectivity index (χ4n) is 4.59. The van der Waals surface area contributed by atoms with Crippen molar-refractivity contribution in [2.24, 2.45) is 11.8 Å². The van der Waals surface area contributed by atoms with E-state index in [1.165, 1.54) is 0 Å². The van der Waals surface area contributed by atoms with E-state index >= 15 is 0 Å². The van der Waals surface area contributed by atoms with Crippen molar-refractivity contribution in [2.45, 2.75) is 25.8 Å². The summed E-state index contributed by atoms with van der Waals surface area (Å²) in [5.74, 6) is 1.99. The van der Waals surface area contributed by atoms with Crippen LogP contribution in [0.3, 0.4) is 0 Å². The first-order chi connectivity index (χ1) is 15.2. The highest BCUT2D eigenvalue weighted by Gasteiger charge is 2.36. The van der Waals surface area contributed by atoms with E-state index in [4.69, 9.17) is 0 Å². The van der Waals surface area contributed by atoms with Crippen molar-refractivity contribution in [3.63, 3.8) is 0 Å². The summed E-state index contributed by atoms with van der Waals surface area (Å²) in [5.41, 5.74) is 4.38. The number of nitrogens with zero attached hydrogens (tertiary/aromatic N) is 5. The van der Waals surface area contributed by atoms with Crippen molar-refractivity contribution in [1.82, 2.24) is 29.9 Å². The molecular formula is C24H26N6O. The molecule has 2 aliphatic rings. The van der Waals surface area contributed by atoms with Crippen LogP contribution in [-0.2, 0) is 11.3 Å². The third kappa shape index (κ3) is 3.50. The molecule has 2 fully saturated rings. The van der Waals surface area contributed by atoms with E-state index in [2.05, 4.69) is 72.3 Å². The lowest BCUT2D eigenvalue weighted by atomic mass is 10.0. The van der Waals surface area contributed by atoms with Crippen LogP contribution in [0.1, 0.15) is 20.7 Å². The van der Waals surface area contributed by atoms with Crippen LogP contribution in [0, 0.1) is 11.8 Å². The van der Waals surface area contributed by atoms with Crippen molar-refractivity contribution >= 4 is 16.8 Å². The molecule has 1 atom stereocenters. The van der Waals surface area contributed by atoms with E-state index in [0.29, 0.717) is 17.7 Å². The third-order valence-electron chi connectivity index (χ3n) is 6.51. The molecule has 7 heteroatoms. The predicted octanol–water partition coefficient (Wildman–Crippen LogP) is 3.99. The second-order valence-electron chi connectivity index (χ2n) is 8.77. The van der Waals surface area contributed by atoms with E-state index in [0.717, 1.165) is 72.3 Å². The maximum Gasteiger partial charge on any atom is 0.225 e. The smallest absolute Gasteiger partial charge is 0.225 e. The number of hydrogen-bond acceptors (Lipinski definition) is 4. The largest absolute Gasteiger partial charge is 0.342 e. The molecule has 31 heavy (non-hydrogen) atoms. The number of nitrogens with one attached hydrogen (secondary N) is 1. The van der Waals surface area contributed by atoms with E-state index in [1.54, 1.807) is 6.33 Å². The second kappa shape index (κ2) is 7.34. The lowest BCUT2D eigenvalue weighted by Crippen LogP contribution is -2.30. The molecule has 0 bridgehead atoms. The summed E-state index contributed by atoms with van der Waals surface area (Å²) < 4.78 is 2.13. The Labute approximate surface area is 181 Å². The number of carbonyl (C=O) groups is 1. The van der Waals surface area contributed by atoms with Crippen LogP contribution >= 0.6 is 0 Å². The number of amides is 1. The number of likely N-dealkylation sites (tertiary alicyclic amines) is 1. The molecule has 6 rings (SSSR count). The molecule has 0 radical (unpaired) electrons. The third-order valence-corrected chi connectivity index (χ3v) is 6.51. The number of aromatic nitrogens is 5. The van der Waals surface area contributed by atoms with Crippen molar-refractivity contribution in [2.75, 3.05) is 13.1 Å². The van der Waals surface area contributed by atoms with Gasteiger partial charge in [0.15, 0.2) is 5.82 Å². The maximum absolute atomic E-state index is 12.3. The fraction of sp³-hybridized carbons (Fsp3) is 0.333. The van der Waals surface area contributed by atoms with Crippen LogP contribution in [0.25, 0.3) is 33.4 Å². The van der Waals surface area contributed by atoms with Gasteiger partial charge in [-0.05, 0) is 42.4 Å². The van der Waals surface area contributed by atoms with Gasteiger partial charge in [-0.2, -0.15) is 5.10 Å². The first-order valence-electron chi connectivity index (χ1n) is 10.9. The predicted molar refractivity (Wildman–Crippen MR) is 120 cm³/mol. The monoisotopic (exact) mass is 414 g/mol. The standard InChI is InChI=1S/C24H24N6O.H2/c31-24(19-5-6-19)29-10-9-16(13-29)14-30-15-26-28-23(30)18-3-1-17(2-4-18)20-7-8-21-12-25-27-22(21)11-20;/h1-4,7-8,11-12,15-16,19H,5-6,9-10,13-14H2,(H,25,27);1H/t16-;/m1./s1. The first kappa shape index (κ1) is 18.3. The molecule has 3 heterocycles. The molecule has 158 valence electrons. The summed E-state index contributed by atoms with van der Waals surface area (Å²) in [6.45, 7) is 2.57. The van der Waals surface area contributed by atoms with Gasteiger partial charge in [0.25, 0.3) is 0 Å². The average molecular weight is 415 g/mol. The quantitative estimate of drug-likeness (QED) is 0.535. The van der Waals surface area contributed by atoms with E-state index in [9.17, 15) is 4.79 Å². The highest BCUT2D eigenvalue weighted by Crippen LogP contribution is 2.33. The average Bonchev–Trinajstić information content (AvgIpc) is 3.17. The molecule has 1 amide bonds. The molecule has 4 aromatic rings. The summed E-state index contributed by atoms with van der Waals surface area (Å²) in [5, 5.41) is 16.8. The first-order valence-corrected chi connectivity index (χ1v) is 10.9. The number of H-pyrrole nitrogens is 1. The Bertz CT molecular complexity index is 1240. The number of fused-ring (bicyclic) bond motifs is 1. The topological polar surface area (TPSA) is 79.7 Å². The van der Waals surface area contributed by atoms with Gasteiger partial charge in [-0.25, -0.2) is 0 Å². The lowest BCUT2D eigenvalue weighted by Gasteiger charge is -2.17. The van der Waals surface area contributed by atoms with Crippen molar-refractivity contribution < 1.29 is 6.22 Å². The summed E-state index contributed by atoms with van der Waals surface area (Å²) in [6.07, 6.45) is 6.83. The minimum Gasteiger partial charge on any atom is -0.342 e. The van der Waals surface area contributed by atoms with E-state index in [1.807, 2.05) is 6.20 Å². The molecule has 2 aromatic heterocycles. The number of rotatable bonds is 5. The van der Waals surface area contributed by atoms with Gasteiger partial charge in [-0.1, -0.05) is 36.4 Å². The van der Waals surface area contributed by atoms with Gasteiger partial charge in [0, 0.05) is 37.9 Å². The summed E-state index contributed by atoms with van der Waals surface area (Å²) in [4.78, 5) is 14.4. The Kier molecular flexibility index (Phi) is 4.33. The van der Waals surface area contributed by atoms with Crippen LogP contribution in [0.2, 0.25) is 0 Å². The van der Waals surface area contributed by atoms with Gasteiger partial charge in [0.2, 0.25) is 5.91 Å². The van der Waals surface area contributed by atoms with Gasteiger partial charge in [0.1, 0.15) is 6.33 Å². The summed E-state index contributed by atoms with van der Waals surface area (Å²) >= 11 is 0. The molecular weight excluding hydrogens is 388 g/mol. The van der Waals surface area contributed by atoms with E-state index in [-0.39, 0.29) is 1.43 Å². The Hall–Kier alpha value is -3.48. The Morgan fingerprint density at radius 3 is 2.71 bits per heavy atom. The van der Waals surface area contributed by atoms with Gasteiger partial charge >= 0.3 is 0 Å².